The molecule has 0 spiro atoms. The lowest BCUT2D eigenvalue weighted by molar-refractivity contribution is 0.102. The first-order valence-electron chi connectivity index (χ1n) is 8.32. The molecule has 150 valence electrons. The van der Waals surface area contributed by atoms with E-state index in [9.17, 15) is 26.0 Å². The maximum atomic E-state index is 14.2. The molecule has 1 N–H and O–H groups in total. The largest absolute Gasteiger partial charge is 0.497 e. The topological polar surface area (TPSA) is 107 Å². The van der Waals surface area contributed by atoms with Crippen LogP contribution in [-0.4, -0.2) is 46.6 Å². The Labute approximate surface area is 162 Å². The molecule has 1 aliphatic heterocycles. The van der Waals surface area contributed by atoms with E-state index in [4.69, 9.17) is 4.74 Å². The van der Waals surface area contributed by atoms with Crippen LogP contribution in [0.15, 0.2) is 47.4 Å². The Bertz CT molecular complexity index is 1130. The fraction of sp³-hybridized carbons (Fsp3) is 0.278. The average Bonchev–Trinajstić information content (AvgIpc) is 3.02. The van der Waals surface area contributed by atoms with Crippen LogP contribution in [0.2, 0.25) is 0 Å². The lowest BCUT2D eigenvalue weighted by Crippen LogP contribution is -2.23. The molecule has 0 radical (unpaired) electrons. The van der Waals surface area contributed by atoms with Gasteiger partial charge in [-0.15, -0.1) is 0 Å². The third-order valence-electron chi connectivity index (χ3n) is 4.47. The van der Waals surface area contributed by atoms with Crippen LogP contribution in [0, 0.1) is 5.82 Å². The van der Waals surface area contributed by atoms with Gasteiger partial charge in [0.2, 0.25) is 0 Å². The first-order chi connectivity index (χ1) is 13.1. The molecule has 1 atom stereocenters. The molecule has 1 amide bonds. The highest BCUT2D eigenvalue weighted by Crippen LogP contribution is 2.27. The Balaban J connectivity index is 1.90. The summed E-state index contributed by atoms with van der Waals surface area (Å²) >= 11 is 0. The van der Waals surface area contributed by atoms with E-state index in [1.54, 1.807) is 18.2 Å². The van der Waals surface area contributed by atoms with Crippen molar-refractivity contribution in [2.75, 3.05) is 23.9 Å². The summed E-state index contributed by atoms with van der Waals surface area (Å²) in [5.74, 6) is -1.92. The standard InChI is InChI=1S/C18H18FNO6S2/c1-26-13-4-2-3-12(9-13)20-18(21)16-10-14(5-6-17(16)19)28(24,25)15-7-8-27(22,23)11-15/h2-6,9-10,15H,7-8,11H2,1H3,(H,20,21). The molecule has 1 heterocycles. The number of amides is 1. The normalized spacial score (nSPS) is 18.6. The highest BCUT2D eigenvalue weighted by Gasteiger charge is 2.38. The Hall–Kier alpha value is -2.46. The number of hydrogen-bond acceptors (Lipinski definition) is 6. The number of carbonyl (C=O) groups excluding carboxylic acids is 1. The molecule has 1 unspecified atom stereocenters. The molecule has 0 aromatic heterocycles. The number of anilines is 1. The van der Waals surface area contributed by atoms with E-state index in [1.165, 1.54) is 13.2 Å². The summed E-state index contributed by atoms with van der Waals surface area (Å²) in [5.41, 5.74) is -0.108. The Morgan fingerprint density at radius 2 is 1.96 bits per heavy atom. The van der Waals surface area contributed by atoms with Gasteiger partial charge in [0.25, 0.3) is 5.91 Å². The van der Waals surface area contributed by atoms with Gasteiger partial charge in [0, 0.05) is 11.8 Å². The van der Waals surface area contributed by atoms with Crippen LogP contribution in [0.5, 0.6) is 5.75 Å². The predicted molar refractivity (Wildman–Crippen MR) is 102 cm³/mol. The van der Waals surface area contributed by atoms with Crippen LogP contribution >= 0.6 is 0 Å². The summed E-state index contributed by atoms with van der Waals surface area (Å²) in [6.07, 6.45) is -0.0205. The zero-order chi connectivity index (χ0) is 20.5. The fourth-order valence-electron chi connectivity index (χ4n) is 2.95. The SMILES string of the molecule is COc1cccc(NC(=O)c2cc(S(=O)(=O)C3CCS(=O)(=O)C3)ccc2F)c1. The third-order valence-corrected chi connectivity index (χ3v) is 8.64. The van der Waals surface area contributed by atoms with Crippen molar-refractivity contribution in [1.29, 1.82) is 0 Å². The Morgan fingerprint density at radius 3 is 2.61 bits per heavy atom. The van der Waals surface area contributed by atoms with Gasteiger partial charge in [0.1, 0.15) is 11.6 Å². The highest BCUT2D eigenvalue weighted by atomic mass is 32.2. The molecule has 1 saturated heterocycles. The van der Waals surface area contributed by atoms with Gasteiger partial charge in [-0.05, 0) is 36.8 Å². The van der Waals surface area contributed by atoms with E-state index in [-0.39, 0.29) is 17.1 Å². The molecule has 7 nitrogen and oxygen atoms in total. The molecule has 1 fully saturated rings. The van der Waals surface area contributed by atoms with E-state index in [0.717, 1.165) is 18.2 Å². The van der Waals surface area contributed by atoms with E-state index >= 15 is 0 Å². The van der Waals surface area contributed by atoms with Crippen LogP contribution in [0.25, 0.3) is 0 Å². The molecule has 3 rings (SSSR count). The van der Waals surface area contributed by atoms with Gasteiger partial charge in [-0.2, -0.15) is 0 Å². The van der Waals surface area contributed by atoms with E-state index in [1.807, 2.05) is 0 Å². The Kier molecular flexibility index (Phi) is 5.44. The molecular formula is C18H18FNO6S2. The molecule has 0 bridgehead atoms. The van der Waals surface area contributed by atoms with Crippen molar-refractivity contribution in [1.82, 2.24) is 0 Å². The number of hydrogen-bond donors (Lipinski definition) is 1. The van der Waals surface area contributed by atoms with Crippen molar-refractivity contribution in [2.45, 2.75) is 16.6 Å². The minimum Gasteiger partial charge on any atom is -0.497 e. The second kappa shape index (κ2) is 7.51. The average molecular weight is 427 g/mol. The number of ether oxygens (including phenoxy) is 1. The van der Waals surface area contributed by atoms with Gasteiger partial charge in [-0.3, -0.25) is 4.79 Å². The van der Waals surface area contributed by atoms with Crippen molar-refractivity contribution in [2.24, 2.45) is 0 Å². The van der Waals surface area contributed by atoms with Crippen LogP contribution in [-0.2, 0) is 19.7 Å². The number of rotatable bonds is 5. The number of halogens is 1. The molecule has 10 heteroatoms. The van der Waals surface area contributed by atoms with Crippen LogP contribution in [0.4, 0.5) is 10.1 Å². The highest BCUT2D eigenvalue weighted by molar-refractivity contribution is 7.96. The monoisotopic (exact) mass is 427 g/mol. The molecule has 2 aromatic carbocycles. The van der Waals surface area contributed by atoms with Crippen LogP contribution in [0.3, 0.4) is 0 Å². The smallest absolute Gasteiger partial charge is 0.258 e. The number of carbonyl (C=O) groups is 1. The van der Waals surface area contributed by atoms with Crippen molar-refractivity contribution in [3.8, 4) is 5.75 Å². The number of nitrogens with one attached hydrogen (secondary N) is 1. The molecule has 2 aromatic rings. The number of sulfone groups is 2. The summed E-state index contributed by atoms with van der Waals surface area (Å²) in [4.78, 5) is 12.2. The van der Waals surface area contributed by atoms with Gasteiger partial charge in [-0.25, -0.2) is 21.2 Å². The second-order valence-corrected chi connectivity index (χ2v) is 10.9. The molecule has 0 aliphatic carbocycles. The summed E-state index contributed by atoms with van der Waals surface area (Å²) in [7, 11) is -5.97. The lowest BCUT2D eigenvalue weighted by atomic mass is 10.2. The second-order valence-electron chi connectivity index (χ2n) is 6.40. The maximum Gasteiger partial charge on any atom is 0.258 e. The van der Waals surface area contributed by atoms with Crippen molar-refractivity contribution < 1.29 is 30.8 Å². The molecule has 0 saturated carbocycles. The first kappa shape index (κ1) is 20.3. The maximum absolute atomic E-state index is 14.2. The zero-order valence-corrected chi connectivity index (χ0v) is 16.5. The minimum absolute atomic E-state index is 0.0205. The van der Waals surface area contributed by atoms with E-state index in [2.05, 4.69) is 5.32 Å². The number of benzene rings is 2. The zero-order valence-electron chi connectivity index (χ0n) is 14.9. The molecule has 28 heavy (non-hydrogen) atoms. The van der Waals surface area contributed by atoms with Crippen molar-refractivity contribution in [3.05, 3.63) is 53.8 Å². The van der Waals surface area contributed by atoms with Crippen LogP contribution in [0.1, 0.15) is 16.8 Å². The van der Waals surface area contributed by atoms with E-state index in [0.29, 0.717) is 11.4 Å². The fourth-order valence-corrected chi connectivity index (χ4v) is 7.34. The summed E-state index contributed by atoms with van der Waals surface area (Å²) in [5, 5.41) is 1.39. The lowest BCUT2D eigenvalue weighted by Gasteiger charge is -2.12. The summed E-state index contributed by atoms with van der Waals surface area (Å²) in [6.45, 7) is 0. The van der Waals surface area contributed by atoms with Gasteiger partial charge in [-0.1, -0.05) is 6.07 Å². The first-order valence-corrected chi connectivity index (χ1v) is 11.7. The third kappa shape index (κ3) is 4.17. The molecular weight excluding hydrogens is 409 g/mol. The Morgan fingerprint density at radius 1 is 1.21 bits per heavy atom. The minimum atomic E-state index is -4.01. The number of methoxy groups -OCH3 is 1. The van der Waals surface area contributed by atoms with Crippen LogP contribution < -0.4 is 10.1 Å². The van der Waals surface area contributed by atoms with Crippen molar-refractivity contribution >= 4 is 31.3 Å². The van der Waals surface area contributed by atoms with Crippen molar-refractivity contribution in [3.63, 3.8) is 0 Å². The molecule has 1 aliphatic rings. The summed E-state index contributed by atoms with van der Waals surface area (Å²) < 4.78 is 67.9. The predicted octanol–water partition coefficient (Wildman–Crippen LogP) is 2.05. The van der Waals surface area contributed by atoms with Gasteiger partial charge >= 0.3 is 0 Å². The quantitative estimate of drug-likeness (QED) is 0.732. The van der Waals surface area contributed by atoms with E-state index < -0.39 is 48.0 Å². The van der Waals surface area contributed by atoms with Gasteiger partial charge in [0.15, 0.2) is 19.7 Å². The summed E-state index contributed by atoms with van der Waals surface area (Å²) in [6, 6.07) is 9.26. The van der Waals surface area contributed by atoms with Gasteiger partial charge in [0.05, 0.1) is 34.3 Å². The van der Waals surface area contributed by atoms with Gasteiger partial charge < -0.3 is 10.1 Å².